The highest BCUT2D eigenvalue weighted by Gasteiger charge is 2.29. The monoisotopic (exact) mass is 400 g/mol. The molecule has 1 saturated carbocycles. The van der Waals surface area contributed by atoms with Crippen LogP contribution in [0.5, 0.6) is 5.75 Å². The molecule has 0 amide bonds. The molecule has 1 aliphatic carbocycles. The third kappa shape index (κ3) is 5.14. The van der Waals surface area contributed by atoms with Crippen molar-refractivity contribution in [2.45, 2.75) is 45.1 Å². The second-order valence-electron chi connectivity index (χ2n) is 7.04. The van der Waals surface area contributed by atoms with Crippen LogP contribution in [0.15, 0.2) is 48.5 Å². The van der Waals surface area contributed by atoms with Gasteiger partial charge in [0.05, 0.1) is 18.1 Å². The van der Waals surface area contributed by atoms with E-state index in [1.54, 1.807) is 48.5 Å². The summed E-state index contributed by atoms with van der Waals surface area (Å²) in [5.41, 5.74) is 1.05. The van der Waals surface area contributed by atoms with Gasteiger partial charge in [0.15, 0.2) is 5.78 Å². The van der Waals surface area contributed by atoms with E-state index >= 15 is 0 Å². The Hall–Kier alpha value is -2.33. The zero-order chi connectivity index (χ0) is 19.9. The maximum Gasteiger partial charge on any atom is 0.306 e. The van der Waals surface area contributed by atoms with Gasteiger partial charge in [0.2, 0.25) is 0 Å². The van der Waals surface area contributed by atoms with Crippen molar-refractivity contribution in [2.75, 3.05) is 6.61 Å². The minimum atomic E-state index is -0.163. The summed E-state index contributed by atoms with van der Waals surface area (Å²) < 4.78 is 11.3. The molecule has 28 heavy (non-hydrogen) atoms. The highest BCUT2D eigenvalue weighted by atomic mass is 35.5. The number of hydrogen-bond acceptors (Lipinski definition) is 4. The summed E-state index contributed by atoms with van der Waals surface area (Å²) in [6.45, 7) is 2.22. The van der Waals surface area contributed by atoms with Gasteiger partial charge in [-0.25, -0.2) is 0 Å². The molecule has 0 heterocycles. The molecule has 0 spiro atoms. The number of ketones is 1. The number of carbonyl (C=O) groups is 2. The van der Waals surface area contributed by atoms with Crippen molar-refractivity contribution in [3.63, 3.8) is 0 Å². The first-order valence-corrected chi connectivity index (χ1v) is 10.2. The van der Waals surface area contributed by atoms with Crippen molar-refractivity contribution in [1.82, 2.24) is 0 Å². The smallest absolute Gasteiger partial charge is 0.306 e. The molecule has 0 aromatic heterocycles. The third-order valence-electron chi connectivity index (χ3n) is 5.10. The molecular formula is C23H25ClO4. The van der Waals surface area contributed by atoms with Crippen molar-refractivity contribution in [1.29, 1.82) is 0 Å². The van der Waals surface area contributed by atoms with Gasteiger partial charge in [0, 0.05) is 17.0 Å². The summed E-state index contributed by atoms with van der Waals surface area (Å²) in [4.78, 5) is 24.5. The summed E-state index contributed by atoms with van der Waals surface area (Å²) in [5.74, 6) is 0.590. The molecule has 0 N–H and O–H groups in total. The molecule has 2 aromatic carbocycles. The van der Waals surface area contributed by atoms with Gasteiger partial charge in [0.25, 0.3) is 0 Å². The van der Waals surface area contributed by atoms with Crippen LogP contribution in [0.1, 0.15) is 54.9 Å². The van der Waals surface area contributed by atoms with Gasteiger partial charge in [-0.15, -0.1) is 0 Å². The molecule has 148 valence electrons. The highest BCUT2D eigenvalue weighted by Crippen LogP contribution is 2.31. The maximum absolute atomic E-state index is 12.6. The number of esters is 1. The van der Waals surface area contributed by atoms with E-state index in [1.807, 2.05) is 6.92 Å². The number of benzene rings is 2. The van der Waals surface area contributed by atoms with Gasteiger partial charge in [-0.05, 0) is 62.6 Å². The molecule has 1 aliphatic rings. The number of carbonyl (C=O) groups excluding carboxylic acids is 2. The van der Waals surface area contributed by atoms with Crippen LogP contribution in [0.3, 0.4) is 0 Å². The molecule has 5 heteroatoms. The van der Waals surface area contributed by atoms with Gasteiger partial charge in [-0.2, -0.15) is 0 Å². The Morgan fingerprint density at radius 3 is 2.46 bits per heavy atom. The van der Waals surface area contributed by atoms with E-state index in [2.05, 4.69) is 0 Å². The number of ether oxygens (including phenoxy) is 2. The predicted molar refractivity (Wildman–Crippen MR) is 109 cm³/mol. The number of rotatable bonds is 7. The topological polar surface area (TPSA) is 52.6 Å². The van der Waals surface area contributed by atoms with E-state index in [0.29, 0.717) is 34.9 Å². The largest absolute Gasteiger partial charge is 0.490 e. The SMILES string of the molecule is CCOC(=O)CC1CCCCC1Oc1ccc(C(=O)c2ccccc2Cl)cc1. The Balaban J connectivity index is 1.66. The van der Waals surface area contributed by atoms with Crippen LogP contribution in [0.4, 0.5) is 0 Å². The van der Waals surface area contributed by atoms with E-state index in [-0.39, 0.29) is 23.8 Å². The van der Waals surface area contributed by atoms with Crippen molar-refractivity contribution >= 4 is 23.4 Å². The Kier molecular flexibility index (Phi) is 7.10. The van der Waals surface area contributed by atoms with E-state index in [0.717, 1.165) is 25.7 Å². The molecule has 2 atom stereocenters. The standard InChI is InChI=1S/C23H25ClO4/c1-2-27-22(25)15-17-7-3-6-10-21(17)28-18-13-11-16(12-14-18)23(26)19-8-4-5-9-20(19)24/h4-5,8-9,11-14,17,21H,2-3,6-7,10,15H2,1H3. The molecule has 4 nitrogen and oxygen atoms in total. The average Bonchev–Trinajstić information content (AvgIpc) is 2.70. The Labute approximate surface area is 170 Å². The molecule has 1 fully saturated rings. The van der Waals surface area contributed by atoms with E-state index in [4.69, 9.17) is 21.1 Å². The fourth-order valence-corrected chi connectivity index (χ4v) is 3.88. The fraction of sp³-hybridized carbons (Fsp3) is 0.391. The van der Waals surface area contributed by atoms with Crippen molar-refractivity contribution in [2.24, 2.45) is 5.92 Å². The maximum atomic E-state index is 12.6. The molecule has 0 aliphatic heterocycles. The van der Waals surface area contributed by atoms with E-state index < -0.39 is 0 Å². The van der Waals surface area contributed by atoms with Crippen molar-refractivity contribution in [3.05, 3.63) is 64.7 Å². The summed E-state index contributed by atoms with van der Waals surface area (Å²) in [6, 6.07) is 14.1. The zero-order valence-electron chi connectivity index (χ0n) is 16.0. The van der Waals surface area contributed by atoms with Crippen molar-refractivity contribution in [3.8, 4) is 5.75 Å². The van der Waals surface area contributed by atoms with Crippen LogP contribution in [0, 0.1) is 5.92 Å². The van der Waals surface area contributed by atoms with Crippen LogP contribution in [-0.4, -0.2) is 24.5 Å². The van der Waals surface area contributed by atoms with Gasteiger partial charge in [-0.3, -0.25) is 9.59 Å². The zero-order valence-corrected chi connectivity index (χ0v) is 16.8. The number of hydrogen-bond donors (Lipinski definition) is 0. The van der Waals surface area contributed by atoms with Crippen LogP contribution in [-0.2, 0) is 9.53 Å². The summed E-state index contributed by atoms with van der Waals surface area (Å²) in [7, 11) is 0. The summed E-state index contributed by atoms with van der Waals surface area (Å²) >= 11 is 6.13. The van der Waals surface area contributed by atoms with Gasteiger partial charge < -0.3 is 9.47 Å². The molecule has 2 aromatic rings. The lowest BCUT2D eigenvalue weighted by atomic mass is 9.84. The molecular weight excluding hydrogens is 376 g/mol. The minimum Gasteiger partial charge on any atom is -0.490 e. The lowest BCUT2D eigenvalue weighted by molar-refractivity contribution is -0.145. The lowest BCUT2D eigenvalue weighted by Gasteiger charge is -2.31. The van der Waals surface area contributed by atoms with Crippen LogP contribution >= 0.6 is 11.6 Å². The normalized spacial score (nSPS) is 19.1. The van der Waals surface area contributed by atoms with Crippen LogP contribution in [0.2, 0.25) is 5.02 Å². The first kappa shape index (κ1) is 20.4. The Bertz CT molecular complexity index is 816. The highest BCUT2D eigenvalue weighted by molar-refractivity contribution is 6.34. The molecule has 0 saturated heterocycles. The van der Waals surface area contributed by atoms with E-state index in [1.165, 1.54) is 0 Å². The predicted octanol–water partition coefficient (Wildman–Crippen LogP) is 5.46. The average molecular weight is 401 g/mol. The van der Waals surface area contributed by atoms with Crippen LogP contribution < -0.4 is 4.74 Å². The van der Waals surface area contributed by atoms with Crippen molar-refractivity contribution < 1.29 is 19.1 Å². The second kappa shape index (κ2) is 9.74. The number of halogens is 1. The first-order valence-electron chi connectivity index (χ1n) is 9.80. The fourth-order valence-electron chi connectivity index (χ4n) is 3.66. The molecule has 2 unspecified atom stereocenters. The quantitative estimate of drug-likeness (QED) is 0.457. The van der Waals surface area contributed by atoms with Gasteiger partial charge in [0.1, 0.15) is 11.9 Å². The molecule has 0 bridgehead atoms. The Morgan fingerprint density at radius 2 is 1.75 bits per heavy atom. The first-order chi connectivity index (χ1) is 13.6. The van der Waals surface area contributed by atoms with Gasteiger partial charge >= 0.3 is 5.97 Å². The summed E-state index contributed by atoms with van der Waals surface area (Å²) in [6.07, 6.45) is 4.46. The van der Waals surface area contributed by atoms with Crippen LogP contribution in [0.25, 0.3) is 0 Å². The Morgan fingerprint density at radius 1 is 1.04 bits per heavy atom. The minimum absolute atomic E-state index is 0.0109. The molecule has 3 rings (SSSR count). The van der Waals surface area contributed by atoms with E-state index in [9.17, 15) is 9.59 Å². The van der Waals surface area contributed by atoms with Gasteiger partial charge in [-0.1, -0.05) is 30.2 Å². The third-order valence-corrected chi connectivity index (χ3v) is 5.43. The molecule has 0 radical (unpaired) electrons. The lowest BCUT2D eigenvalue weighted by Crippen LogP contribution is -2.32. The second-order valence-corrected chi connectivity index (χ2v) is 7.45. The summed E-state index contributed by atoms with van der Waals surface area (Å²) in [5, 5.41) is 0.442.